The highest BCUT2D eigenvalue weighted by atomic mass is 16.3. The Morgan fingerprint density at radius 2 is 1.88 bits per heavy atom. The number of carbonyl (C=O) groups is 2. The van der Waals surface area contributed by atoms with E-state index >= 15 is 0 Å². The van der Waals surface area contributed by atoms with E-state index in [2.05, 4.69) is 26.1 Å². The zero-order chi connectivity index (χ0) is 17.9. The second-order valence-electron chi connectivity index (χ2n) is 7.55. The maximum absolute atomic E-state index is 12.3. The van der Waals surface area contributed by atoms with Gasteiger partial charge in [0.1, 0.15) is 0 Å². The first-order valence-electron chi connectivity index (χ1n) is 8.56. The number of hydrogen-bond donors (Lipinski definition) is 2. The molecule has 0 spiro atoms. The van der Waals surface area contributed by atoms with Gasteiger partial charge in [-0.2, -0.15) is 0 Å². The molecule has 1 aromatic carbocycles. The lowest BCUT2D eigenvalue weighted by Gasteiger charge is -2.37. The number of aliphatic hydroxyl groups excluding tert-OH is 1. The van der Waals surface area contributed by atoms with E-state index in [1.54, 1.807) is 17.0 Å². The van der Waals surface area contributed by atoms with Crippen LogP contribution in [0.15, 0.2) is 24.3 Å². The molecule has 0 unspecified atom stereocenters. The van der Waals surface area contributed by atoms with Crippen LogP contribution < -0.4 is 5.32 Å². The van der Waals surface area contributed by atoms with Crippen LogP contribution in [0.5, 0.6) is 0 Å². The van der Waals surface area contributed by atoms with Gasteiger partial charge in [-0.15, -0.1) is 0 Å². The summed E-state index contributed by atoms with van der Waals surface area (Å²) in [6.07, 6.45) is 1.03. The van der Waals surface area contributed by atoms with E-state index in [1.165, 1.54) is 0 Å². The van der Waals surface area contributed by atoms with Crippen molar-refractivity contribution in [3.8, 4) is 0 Å². The third kappa shape index (κ3) is 4.35. The number of amides is 2. The minimum Gasteiger partial charge on any atom is -0.391 e. The number of hydrogen-bond acceptors (Lipinski definition) is 3. The molecule has 5 heteroatoms. The SMILES string of the molecule is C[C@@H]1[C@@H](O)CCCN1C(=O)CNC(=O)c1ccc(C(C)(C)C)cc1. The standard InChI is InChI=1S/C19H28N2O3/c1-13-16(22)6-5-11-21(13)17(23)12-20-18(24)14-7-9-15(10-8-14)19(2,3)4/h7-10,13,16,22H,5-6,11-12H2,1-4H3,(H,20,24)/t13-,16+/m1/s1. The first-order valence-corrected chi connectivity index (χ1v) is 8.56. The molecule has 2 amide bonds. The highest BCUT2D eigenvalue weighted by molar-refractivity contribution is 5.96. The van der Waals surface area contributed by atoms with E-state index in [0.29, 0.717) is 12.1 Å². The van der Waals surface area contributed by atoms with E-state index < -0.39 is 6.10 Å². The van der Waals surface area contributed by atoms with Crippen molar-refractivity contribution in [3.05, 3.63) is 35.4 Å². The van der Waals surface area contributed by atoms with Crippen molar-refractivity contribution in [3.63, 3.8) is 0 Å². The Balaban J connectivity index is 1.92. The number of benzene rings is 1. The number of nitrogens with one attached hydrogen (secondary N) is 1. The normalized spacial score (nSPS) is 21.5. The largest absolute Gasteiger partial charge is 0.391 e. The highest BCUT2D eigenvalue weighted by Crippen LogP contribution is 2.22. The molecule has 1 aromatic rings. The second-order valence-corrected chi connectivity index (χ2v) is 7.55. The fourth-order valence-corrected chi connectivity index (χ4v) is 2.96. The van der Waals surface area contributed by atoms with Crippen LogP contribution in [-0.4, -0.2) is 47.1 Å². The summed E-state index contributed by atoms with van der Waals surface area (Å²) in [7, 11) is 0. The maximum Gasteiger partial charge on any atom is 0.251 e. The van der Waals surface area contributed by atoms with Crippen LogP contribution >= 0.6 is 0 Å². The molecule has 132 valence electrons. The summed E-state index contributed by atoms with van der Waals surface area (Å²) in [5.41, 5.74) is 1.74. The van der Waals surface area contributed by atoms with Gasteiger partial charge in [0.25, 0.3) is 5.91 Å². The molecule has 0 radical (unpaired) electrons. The smallest absolute Gasteiger partial charge is 0.251 e. The number of nitrogens with zero attached hydrogens (tertiary/aromatic N) is 1. The van der Waals surface area contributed by atoms with Crippen LogP contribution in [0, 0.1) is 0 Å². The first kappa shape index (κ1) is 18.5. The van der Waals surface area contributed by atoms with E-state index in [4.69, 9.17) is 0 Å². The third-order valence-corrected chi connectivity index (χ3v) is 4.68. The van der Waals surface area contributed by atoms with Gasteiger partial charge in [0, 0.05) is 12.1 Å². The molecule has 1 aliphatic heterocycles. The van der Waals surface area contributed by atoms with Crippen LogP contribution in [-0.2, 0) is 10.2 Å². The maximum atomic E-state index is 12.3. The van der Waals surface area contributed by atoms with E-state index in [1.807, 2.05) is 19.1 Å². The van der Waals surface area contributed by atoms with Gasteiger partial charge in [0.2, 0.25) is 5.91 Å². The minimum atomic E-state index is -0.483. The monoisotopic (exact) mass is 332 g/mol. The van der Waals surface area contributed by atoms with Gasteiger partial charge in [-0.05, 0) is 42.9 Å². The molecule has 2 rings (SSSR count). The van der Waals surface area contributed by atoms with Gasteiger partial charge < -0.3 is 15.3 Å². The molecule has 5 nitrogen and oxygen atoms in total. The van der Waals surface area contributed by atoms with Crippen LogP contribution in [0.25, 0.3) is 0 Å². The molecule has 0 saturated carbocycles. The molecule has 0 aromatic heterocycles. The minimum absolute atomic E-state index is 0.0379. The Labute approximate surface area is 144 Å². The number of piperidine rings is 1. The average Bonchev–Trinajstić information content (AvgIpc) is 2.54. The van der Waals surface area contributed by atoms with Crippen molar-refractivity contribution in [2.75, 3.05) is 13.1 Å². The molecule has 1 fully saturated rings. The lowest BCUT2D eigenvalue weighted by Crippen LogP contribution is -2.52. The summed E-state index contributed by atoms with van der Waals surface area (Å²) in [5.74, 6) is -0.407. The lowest BCUT2D eigenvalue weighted by molar-refractivity contribution is -0.136. The summed E-state index contributed by atoms with van der Waals surface area (Å²) >= 11 is 0. The highest BCUT2D eigenvalue weighted by Gasteiger charge is 2.29. The topological polar surface area (TPSA) is 69.6 Å². The summed E-state index contributed by atoms with van der Waals surface area (Å²) in [6, 6.07) is 7.26. The van der Waals surface area contributed by atoms with Crippen molar-refractivity contribution in [1.82, 2.24) is 10.2 Å². The van der Waals surface area contributed by atoms with Gasteiger partial charge in [0.05, 0.1) is 18.7 Å². The summed E-state index contributed by atoms with van der Waals surface area (Å²) in [4.78, 5) is 26.1. The van der Waals surface area contributed by atoms with Crippen molar-refractivity contribution in [2.24, 2.45) is 0 Å². The molecule has 0 bridgehead atoms. The second kappa shape index (κ2) is 7.34. The quantitative estimate of drug-likeness (QED) is 0.890. The van der Waals surface area contributed by atoms with Gasteiger partial charge >= 0.3 is 0 Å². The Hall–Kier alpha value is -1.88. The van der Waals surface area contributed by atoms with Gasteiger partial charge in [-0.1, -0.05) is 32.9 Å². The summed E-state index contributed by atoms with van der Waals surface area (Å²) in [5, 5.41) is 12.5. The van der Waals surface area contributed by atoms with Crippen molar-refractivity contribution in [1.29, 1.82) is 0 Å². The Kier molecular flexibility index (Phi) is 5.65. The van der Waals surface area contributed by atoms with E-state index in [-0.39, 0.29) is 29.8 Å². The van der Waals surface area contributed by atoms with E-state index in [9.17, 15) is 14.7 Å². The fourth-order valence-electron chi connectivity index (χ4n) is 2.96. The Morgan fingerprint density at radius 1 is 1.25 bits per heavy atom. The third-order valence-electron chi connectivity index (χ3n) is 4.68. The van der Waals surface area contributed by atoms with Crippen LogP contribution in [0.4, 0.5) is 0 Å². The zero-order valence-corrected chi connectivity index (χ0v) is 15.0. The van der Waals surface area contributed by atoms with Crippen molar-refractivity contribution in [2.45, 2.75) is 58.1 Å². The zero-order valence-electron chi connectivity index (χ0n) is 15.0. The van der Waals surface area contributed by atoms with E-state index in [0.717, 1.165) is 18.4 Å². The van der Waals surface area contributed by atoms with Crippen LogP contribution in [0.1, 0.15) is 56.5 Å². The van der Waals surface area contributed by atoms with Crippen LogP contribution in [0.2, 0.25) is 0 Å². The number of likely N-dealkylation sites (tertiary alicyclic amines) is 1. The summed E-state index contributed by atoms with van der Waals surface area (Å²) < 4.78 is 0. The van der Waals surface area contributed by atoms with Gasteiger partial charge in [0.15, 0.2) is 0 Å². The molecule has 1 saturated heterocycles. The molecule has 2 N–H and O–H groups in total. The lowest BCUT2D eigenvalue weighted by atomic mass is 9.87. The number of carbonyl (C=O) groups excluding carboxylic acids is 2. The van der Waals surface area contributed by atoms with Crippen molar-refractivity contribution >= 4 is 11.8 Å². The predicted octanol–water partition coefficient (Wildman–Crippen LogP) is 2.09. The molecule has 2 atom stereocenters. The fraction of sp³-hybridized carbons (Fsp3) is 0.579. The van der Waals surface area contributed by atoms with Crippen molar-refractivity contribution < 1.29 is 14.7 Å². The molecule has 0 aliphatic carbocycles. The predicted molar refractivity (Wildman–Crippen MR) is 93.9 cm³/mol. The van der Waals surface area contributed by atoms with Gasteiger partial charge in [-0.25, -0.2) is 0 Å². The summed E-state index contributed by atoms with van der Waals surface area (Å²) in [6.45, 7) is 8.79. The molecule has 24 heavy (non-hydrogen) atoms. The molecular formula is C19H28N2O3. The number of rotatable bonds is 3. The Morgan fingerprint density at radius 3 is 2.46 bits per heavy atom. The number of aliphatic hydroxyl groups is 1. The van der Waals surface area contributed by atoms with Gasteiger partial charge in [-0.3, -0.25) is 9.59 Å². The van der Waals surface area contributed by atoms with Crippen LogP contribution in [0.3, 0.4) is 0 Å². The first-order chi connectivity index (χ1) is 11.2. The Bertz CT molecular complexity index is 590. The average molecular weight is 332 g/mol. The molecular weight excluding hydrogens is 304 g/mol. The molecule has 1 aliphatic rings. The molecule has 1 heterocycles.